The predicted octanol–water partition coefficient (Wildman–Crippen LogP) is 1.83. The van der Waals surface area contributed by atoms with Gasteiger partial charge in [0.1, 0.15) is 0 Å². The van der Waals surface area contributed by atoms with Gasteiger partial charge in [0, 0.05) is 19.0 Å². The van der Waals surface area contributed by atoms with Crippen LogP contribution in [0.2, 0.25) is 0 Å². The molecule has 2 unspecified atom stereocenters. The lowest BCUT2D eigenvalue weighted by atomic mass is 9.86. The predicted molar refractivity (Wildman–Crippen MR) is 64.3 cm³/mol. The van der Waals surface area contributed by atoms with Crippen molar-refractivity contribution >= 4 is 0 Å². The maximum absolute atomic E-state index is 10.8. The fraction of sp³-hybridized carbons (Fsp3) is 0.571. The number of hydrogen-bond donors (Lipinski definition) is 1. The summed E-state index contributed by atoms with van der Waals surface area (Å²) in [7, 11) is 0. The Kier molecular flexibility index (Phi) is 2.49. The van der Waals surface area contributed by atoms with E-state index in [1.165, 1.54) is 24.9 Å². The van der Waals surface area contributed by atoms with E-state index >= 15 is 0 Å². The third kappa shape index (κ3) is 1.66. The molecule has 1 aromatic carbocycles. The summed E-state index contributed by atoms with van der Waals surface area (Å²) in [6.07, 6.45) is 4.17. The first-order valence-corrected chi connectivity index (χ1v) is 6.28. The van der Waals surface area contributed by atoms with E-state index in [-0.39, 0.29) is 0 Å². The molecule has 2 heterocycles. The van der Waals surface area contributed by atoms with E-state index in [1.54, 1.807) is 0 Å². The highest BCUT2D eigenvalue weighted by atomic mass is 16.3. The minimum atomic E-state index is -0.474. The maximum Gasteiger partial charge on any atom is 0.0854 e. The summed E-state index contributed by atoms with van der Waals surface area (Å²) in [6.45, 7) is 2.26. The zero-order valence-corrected chi connectivity index (χ0v) is 9.60. The van der Waals surface area contributed by atoms with Crippen LogP contribution >= 0.6 is 0 Å². The number of nitrogens with zero attached hydrogens (tertiary/aromatic N) is 1. The number of fused-ring (bicyclic) bond motifs is 1. The lowest BCUT2D eigenvalue weighted by molar-refractivity contribution is 0.0141. The highest BCUT2D eigenvalue weighted by Crippen LogP contribution is 2.37. The molecule has 0 spiro atoms. The quantitative estimate of drug-likeness (QED) is 0.817. The normalized spacial score (nSPS) is 34.2. The SMILES string of the molecule is OC1(Cc2ccccc2)CCN2CCCC21. The van der Waals surface area contributed by atoms with Gasteiger partial charge >= 0.3 is 0 Å². The summed E-state index contributed by atoms with van der Waals surface area (Å²) in [4.78, 5) is 2.46. The summed E-state index contributed by atoms with van der Waals surface area (Å²) in [5.41, 5.74) is 0.788. The first-order valence-electron chi connectivity index (χ1n) is 6.28. The van der Waals surface area contributed by atoms with Crippen molar-refractivity contribution in [3.63, 3.8) is 0 Å². The van der Waals surface area contributed by atoms with Gasteiger partial charge in [-0.3, -0.25) is 4.90 Å². The Labute approximate surface area is 96.9 Å². The first kappa shape index (κ1) is 10.3. The van der Waals surface area contributed by atoms with E-state index in [4.69, 9.17) is 0 Å². The Balaban J connectivity index is 1.79. The minimum absolute atomic E-state index is 0.410. The molecule has 3 rings (SSSR count). The zero-order chi connectivity index (χ0) is 11.0. The molecule has 0 amide bonds. The lowest BCUT2D eigenvalue weighted by Gasteiger charge is -2.30. The first-order chi connectivity index (χ1) is 7.78. The highest BCUT2D eigenvalue weighted by molar-refractivity contribution is 5.19. The second-order valence-corrected chi connectivity index (χ2v) is 5.21. The molecule has 0 aliphatic carbocycles. The molecule has 0 radical (unpaired) electrons. The molecule has 2 fully saturated rings. The van der Waals surface area contributed by atoms with Gasteiger partial charge in [-0.05, 0) is 31.4 Å². The van der Waals surface area contributed by atoms with E-state index in [1.807, 2.05) is 6.07 Å². The van der Waals surface area contributed by atoms with Crippen molar-refractivity contribution in [3.05, 3.63) is 35.9 Å². The molecular formula is C14H19NO. The minimum Gasteiger partial charge on any atom is -0.388 e. The Morgan fingerprint density at radius 3 is 2.88 bits per heavy atom. The fourth-order valence-corrected chi connectivity index (χ4v) is 3.36. The Hall–Kier alpha value is -0.860. The number of benzene rings is 1. The molecule has 0 saturated carbocycles. The Morgan fingerprint density at radius 2 is 2.06 bits per heavy atom. The molecule has 2 nitrogen and oxygen atoms in total. The van der Waals surface area contributed by atoms with Crippen LogP contribution in [0.15, 0.2) is 30.3 Å². The third-order valence-electron chi connectivity index (χ3n) is 4.17. The summed E-state index contributed by atoms with van der Waals surface area (Å²) >= 11 is 0. The van der Waals surface area contributed by atoms with E-state index in [9.17, 15) is 5.11 Å². The Morgan fingerprint density at radius 1 is 1.25 bits per heavy atom. The molecule has 1 N–H and O–H groups in total. The Bertz CT molecular complexity index is 364. The molecule has 0 aromatic heterocycles. The van der Waals surface area contributed by atoms with Gasteiger partial charge in [0.15, 0.2) is 0 Å². The van der Waals surface area contributed by atoms with Crippen LogP contribution in [-0.4, -0.2) is 34.7 Å². The van der Waals surface area contributed by atoms with Crippen LogP contribution < -0.4 is 0 Å². The van der Waals surface area contributed by atoms with E-state index in [0.29, 0.717) is 6.04 Å². The van der Waals surface area contributed by atoms with E-state index in [2.05, 4.69) is 29.2 Å². The second kappa shape index (κ2) is 3.86. The lowest BCUT2D eigenvalue weighted by Crippen LogP contribution is -2.42. The molecule has 86 valence electrons. The largest absolute Gasteiger partial charge is 0.388 e. The summed E-state index contributed by atoms with van der Waals surface area (Å²) in [6, 6.07) is 10.8. The van der Waals surface area contributed by atoms with Gasteiger partial charge in [0.05, 0.1) is 5.60 Å². The molecule has 2 atom stereocenters. The second-order valence-electron chi connectivity index (χ2n) is 5.21. The van der Waals surface area contributed by atoms with E-state index < -0.39 is 5.60 Å². The van der Waals surface area contributed by atoms with Crippen LogP contribution in [0.25, 0.3) is 0 Å². The smallest absolute Gasteiger partial charge is 0.0854 e. The average Bonchev–Trinajstić information content (AvgIpc) is 2.86. The van der Waals surface area contributed by atoms with Crippen LogP contribution in [0.1, 0.15) is 24.8 Å². The van der Waals surface area contributed by atoms with Gasteiger partial charge in [-0.25, -0.2) is 0 Å². The standard InChI is InChI=1S/C14H19NO/c16-14(11-12-5-2-1-3-6-12)8-10-15-9-4-7-13(14)15/h1-3,5-6,13,16H,4,7-11H2. The molecular weight excluding hydrogens is 198 g/mol. The van der Waals surface area contributed by atoms with Crippen molar-refractivity contribution in [1.29, 1.82) is 0 Å². The monoisotopic (exact) mass is 217 g/mol. The zero-order valence-electron chi connectivity index (χ0n) is 9.60. The number of rotatable bonds is 2. The summed E-state index contributed by atoms with van der Waals surface area (Å²) in [5.74, 6) is 0. The summed E-state index contributed by atoms with van der Waals surface area (Å²) < 4.78 is 0. The molecule has 16 heavy (non-hydrogen) atoms. The van der Waals surface area contributed by atoms with Gasteiger partial charge in [-0.15, -0.1) is 0 Å². The van der Waals surface area contributed by atoms with Crippen molar-refractivity contribution in [1.82, 2.24) is 4.90 Å². The highest BCUT2D eigenvalue weighted by Gasteiger charge is 2.47. The fourth-order valence-electron chi connectivity index (χ4n) is 3.36. The van der Waals surface area contributed by atoms with Crippen molar-refractivity contribution in [2.75, 3.05) is 13.1 Å². The van der Waals surface area contributed by atoms with Crippen molar-refractivity contribution in [2.24, 2.45) is 0 Å². The van der Waals surface area contributed by atoms with Crippen molar-refractivity contribution < 1.29 is 5.11 Å². The summed E-state index contributed by atoms with van der Waals surface area (Å²) in [5, 5.41) is 10.8. The van der Waals surface area contributed by atoms with Gasteiger partial charge < -0.3 is 5.11 Å². The molecule has 2 aliphatic rings. The maximum atomic E-state index is 10.8. The van der Waals surface area contributed by atoms with Gasteiger partial charge in [-0.1, -0.05) is 30.3 Å². The van der Waals surface area contributed by atoms with Crippen molar-refractivity contribution in [3.8, 4) is 0 Å². The molecule has 1 aromatic rings. The van der Waals surface area contributed by atoms with Gasteiger partial charge in [0.25, 0.3) is 0 Å². The third-order valence-corrected chi connectivity index (χ3v) is 4.17. The number of hydrogen-bond acceptors (Lipinski definition) is 2. The van der Waals surface area contributed by atoms with Gasteiger partial charge in [0.2, 0.25) is 0 Å². The topological polar surface area (TPSA) is 23.5 Å². The molecule has 0 bridgehead atoms. The van der Waals surface area contributed by atoms with Crippen LogP contribution in [0, 0.1) is 0 Å². The van der Waals surface area contributed by atoms with Crippen LogP contribution in [-0.2, 0) is 6.42 Å². The van der Waals surface area contributed by atoms with E-state index in [0.717, 1.165) is 19.4 Å². The van der Waals surface area contributed by atoms with Gasteiger partial charge in [-0.2, -0.15) is 0 Å². The van der Waals surface area contributed by atoms with Crippen LogP contribution in [0.3, 0.4) is 0 Å². The molecule has 2 saturated heterocycles. The molecule has 2 aliphatic heterocycles. The number of aliphatic hydroxyl groups is 1. The van der Waals surface area contributed by atoms with Crippen LogP contribution in [0.5, 0.6) is 0 Å². The van der Waals surface area contributed by atoms with Crippen molar-refractivity contribution in [2.45, 2.75) is 37.3 Å². The average molecular weight is 217 g/mol. The molecule has 2 heteroatoms. The van der Waals surface area contributed by atoms with Crippen LogP contribution in [0.4, 0.5) is 0 Å².